The van der Waals surface area contributed by atoms with Crippen LogP contribution < -0.4 is 5.56 Å². The molecule has 1 atom stereocenters. The number of fused-ring (bicyclic) bond motifs is 3. The molecule has 1 aliphatic rings. The van der Waals surface area contributed by atoms with Crippen LogP contribution in [0.3, 0.4) is 0 Å². The summed E-state index contributed by atoms with van der Waals surface area (Å²) in [5.74, 6) is 0.579. The van der Waals surface area contributed by atoms with Crippen LogP contribution in [-0.2, 0) is 13.0 Å². The third kappa shape index (κ3) is 3.18. The first kappa shape index (κ1) is 16.3. The van der Waals surface area contributed by atoms with Crippen molar-refractivity contribution in [2.75, 3.05) is 19.7 Å². The van der Waals surface area contributed by atoms with Gasteiger partial charge in [0.25, 0.3) is 5.56 Å². The predicted octanol–water partition coefficient (Wildman–Crippen LogP) is 1.16. The monoisotopic (exact) mass is 343 g/mol. The highest BCUT2D eigenvalue weighted by Crippen LogP contribution is 2.26. The summed E-state index contributed by atoms with van der Waals surface area (Å²) >= 11 is 0. The average molecular weight is 343 g/mol. The van der Waals surface area contributed by atoms with Crippen molar-refractivity contribution in [2.45, 2.75) is 31.9 Å². The third-order valence-corrected chi connectivity index (χ3v) is 4.68. The summed E-state index contributed by atoms with van der Waals surface area (Å²) in [6.45, 7) is 2.03. The molecule has 3 aromatic rings. The lowest BCUT2D eigenvalue weighted by atomic mass is 10.1. The van der Waals surface area contributed by atoms with Crippen LogP contribution in [0.15, 0.2) is 27.4 Å². The van der Waals surface area contributed by atoms with Gasteiger partial charge < -0.3 is 19.6 Å². The van der Waals surface area contributed by atoms with Gasteiger partial charge in [-0.3, -0.25) is 9.69 Å². The van der Waals surface area contributed by atoms with Crippen LogP contribution in [0.2, 0.25) is 0 Å². The Bertz CT molecular complexity index is 962. The fourth-order valence-electron chi connectivity index (χ4n) is 3.43. The summed E-state index contributed by atoms with van der Waals surface area (Å²) in [5.41, 5.74) is 2.23. The molecule has 0 saturated carbocycles. The summed E-state index contributed by atoms with van der Waals surface area (Å²) in [7, 11) is 0. The van der Waals surface area contributed by atoms with Gasteiger partial charge in [-0.1, -0.05) is 6.07 Å². The Morgan fingerprint density at radius 1 is 1.40 bits per heavy atom. The van der Waals surface area contributed by atoms with E-state index in [4.69, 9.17) is 9.52 Å². The minimum absolute atomic E-state index is 0.147. The van der Waals surface area contributed by atoms with Crippen LogP contribution in [0.25, 0.3) is 22.1 Å². The molecule has 3 heterocycles. The second kappa shape index (κ2) is 6.59. The second-order valence-electron chi connectivity index (χ2n) is 6.63. The van der Waals surface area contributed by atoms with Crippen LogP contribution >= 0.6 is 0 Å². The standard InChI is InChI=1S/C18H21N3O4/c22-7-1-2-11-3-4-14-13(8-11)16-17(25-14)18(24)20-15(19-16)10-21-6-5-12(23)9-21/h3-4,8,12,22-23H,1-2,5-7,9-10H2,(H,19,20,24)/t12-/m0/s1. The van der Waals surface area contributed by atoms with Gasteiger partial charge in [-0.05, 0) is 37.0 Å². The minimum atomic E-state index is -0.306. The van der Waals surface area contributed by atoms with Crippen molar-refractivity contribution in [1.29, 1.82) is 0 Å². The lowest BCUT2D eigenvalue weighted by Gasteiger charge is -2.13. The zero-order chi connectivity index (χ0) is 17.4. The van der Waals surface area contributed by atoms with Gasteiger partial charge in [0, 0.05) is 25.1 Å². The summed E-state index contributed by atoms with van der Waals surface area (Å²) < 4.78 is 5.68. The zero-order valence-electron chi connectivity index (χ0n) is 13.9. The maximum Gasteiger partial charge on any atom is 0.294 e. The number of aliphatic hydroxyl groups is 2. The van der Waals surface area contributed by atoms with E-state index < -0.39 is 0 Å². The normalized spacial score (nSPS) is 18.6. The number of likely N-dealkylation sites (tertiary alicyclic amines) is 1. The summed E-state index contributed by atoms with van der Waals surface area (Å²) in [4.78, 5) is 21.8. The quantitative estimate of drug-likeness (QED) is 0.642. The van der Waals surface area contributed by atoms with E-state index in [0.717, 1.165) is 30.3 Å². The number of rotatable bonds is 5. The largest absolute Gasteiger partial charge is 0.449 e. The fraction of sp³-hybridized carbons (Fsp3) is 0.444. The Hall–Kier alpha value is -2.22. The lowest BCUT2D eigenvalue weighted by Crippen LogP contribution is -2.24. The number of aliphatic hydroxyl groups excluding tert-OH is 2. The van der Waals surface area contributed by atoms with Crippen LogP contribution in [0.4, 0.5) is 0 Å². The van der Waals surface area contributed by atoms with Crippen molar-refractivity contribution < 1.29 is 14.6 Å². The van der Waals surface area contributed by atoms with E-state index >= 15 is 0 Å². The molecule has 1 aliphatic heterocycles. The van der Waals surface area contributed by atoms with E-state index in [1.807, 2.05) is 18.2 Å². The molecule has 25 heavy (non-hydrogen) atoms. The molecule has 0 spiro atoms. The molecule has 4 rings (SSSR count). The van der Waals surface area contributed by atoms with Crippen molar-refractivity contribution in [3.8, 4) is 0 Å². The van der Waals surface area contributed by atoms with Gasteiger partial charge in [0.1, 0.15) is 16.9 Å². The number of nitrogens with one attached hydrogen (secondary N) is 1. The zero-order valence-corrected chi connectivity index (χ0v) is 13.9. The first-order valence-corrected chi connectivity index (χ1v) is 8.59. The number of aromatic amines is 1. The van der Waals surface area contributed by atoms with E-state index in [9.17, 15) is 9.90 Å². The van der Waals surface area contributed by atoms with Gasteiger partial charge >= 0.3 is 0 Å². The van der Waals surface area contributed by atoms with Crippen molar-refractivity contribution in [3.63, 3.8) is 0 Å². The molecule has 1 fully saturated rings. The van der Waals surface area contributed by atoms with Crippen molar-refractivity contribution in [2.24, 2.45) is 0 Å². The molecule has 2 aromatic heterocycles. The first-order valence-electron chi connectivity index (χ1n) is 8.59. The molecule has 0 amide bonds. The number of hydrogen-bond donors (Lipinski definition) is 3. The van der Waals surface area contributed by atoms with Crippen LogP contribution in [0.5, 0.6) is 0 Å². The topological polar surface area (TPSA) is 103 Å². The number of nitrogens with zero attached hydrogens (tertiary/aromatic N) is 2. The van der Waals surface area contributed by atoms with Crippen molar-refractivity contribution in [1.82, 2.24) is 14.9 Å². The SMILES string of the molecule is O=c1[nH]c(CN2CC[C@H](O)C2)nc2c1oc1ccc(CCCO)cc12. The molecule has 0 radical (unpaired) electrons. The number of benzene rings is 1. The number of furan rings is 1. The van der Waals surface area contributed by atoms with Gasteiger partial charge in [-0.25, -0.2) is 4.98 Å². The molecule has 7 nitrogen and oxygen atoms in total. The van der Waals surface area contributed by atoms with Crippen LogP contribution in [-0.4, -0.2) is 50.9 Å². The molecule has 0 unspecified atom stereocenters. The van der Waals surface area contributed by atoms with Gasteiger partial charge in [0.2, 0.25) is 5.58 Å². The molecule has 1 saturated heterocycles. The molecular formula is C18H21N3O4. The third-order valence-electron chi connectivity index (χ3n) is 4.68. The van der Waals surface area contributed by atoms with E-state index in [1.165, 1.54) is 0 Å². The number of aromatic nitrogens is 2. The van der Waals surface area contributed by atoms with E-state index in [2.05, 4.69) is 14.9 Å². The molecular weight excluding hydrogens is 322 g/mol. The summed E-state index contributed by atoms with van der Waals surface area (Å²) in [5, 5.41) is 19.5. The minimum Gasteiger partial charge on any atom is -0.449 e. The summed E-state index contributed by atoms with van der Waals surface area (Å²) in [6.07, 6.45) is 1.90. The fourth-order valence-corrected chi connectivity index (χ4v) is 3.43. The Kier molecular flexibility index (Phi) is 4.29. The Morgan fingerprint density at radius 3 is 3.04 bits per heavy atom. The second-order valence-corrected chi connectivity index (χ2v) is 6.63. The van der Waals surface area contributed by atoms with Crippen molar-refractivity contribution >= 4 is 22.1 Å². The Labute approximate surface area is 143 Å². The van der Waals surface area contributed by atoms with E-state index in [1.54, 1.807) is 0 Å². The smallest absolute Gasteiger partial charge is 0.294 e. The molecule has 132 valence electrons. The number of aryl methyl sites for hydroxylation is 1. The van der Waals surface area contributed by atoms with Gasteiger partial charge in [-0.2, -0.15) is 0 Å². The number of hydrogen-bond acceptors (Lipinski definition) is 6. The maximum atomic E-state index is 12.4. The number of β-amino-alcohol motifs (C(OH)–C–C–N with tert-alkyl or cyclic N) is 1. The van der Waals surface area contributed by atoms with Crippen molar-refractivity contribution in [3.05, 3.63) is 39.9 Å². The molecule has 0 bridgehead atoms. The highest BCUT2D eigenvalue weighted by atomic mass is 16.3. The summed E-state index contributed by atoms with van der Waals surface area (Å²) in [6, 6.07) is 5.77. The molecule has 3 N–H and O–H groups in total. The maximum absolute atomic E-state index is 12.4. The predicted molar refractivity (Wildman–Crippen MR) is 93.4 cm³/mol. The highest BCUT2D eigenvalue weighted by Gasteiger charge is 2.22. The van der Waals surface area contributed by atoms with Gasteiger partial charge in [0.05, 0.1) is 12.6 Å². The van der Waals surface area contributed by atoms with Crippen LogP contribution in [0, 0.1) is 0 Å². The van der Waals surface area contributed by atoms with Gasteiger partial charge in [-0.15, -0.1) is 0 Å². The lowest BCUT2D eigenvalue weighted by molar-refractivity contribution is 0.174. The average Bonchev–Trinajstić information content (AvgIpc) is 3.17. The molecule has 0 aliphatic carbocycles. The van der Waals surface area contributed by atoms with Gasteiger partial charge in [0.15, 0.2) is 0 Å². The molecule has 7 heteroatoms. The first-order chi connectivity index (χ1) is 12.1. The number of H-pyrrole nitrogens is 1. The van der Waals surface area contributed by atoms with Crippen LogP contribution in [0.1, 0.15) is 24.2 Å². The highest BCUT2D eigenvalue weighted by molar-refractivity contribution is 6.02. The van der Waals surface area contributed by atoms with E-state index in [-0.39, 0.29) is 23.9 Å². The van der Waals surface area contributed by atoms with E-state index in [0.29, 0.717) is 36.4 Å². The Balaban J connectivity index is 1.74. The molecule has 1 aromatic carbocycles. The Morgan fingerprint density at radius 2 is 2.28 bits per heavy atom.